The van der Waals surface area contributed by atoms with Crippen LogP contribution >= 0.6 is 0 Å². The highest BCUT2D eigenvalue weighted by molar-refractivity contribution is 6.02. The van der Waals surface area contributed by atoms with E-state index >= 15 is 0 Å². The molecule has 0 aliphatic heterocycles. The van der Waals surface area contributed by atoms with Crippen LogP contribution in [0.2, 0.25) is 0 Å². The van der Waals surface area contributed by atoms with Gasteiger partial charge in [0.1, 0.15) is 0 Å². The molecule has 0 saturated carbocycles. The first-order valence-corrected chi connectivity index (χ1v) is 8.41. The van der Waals surface area contributed by atoms with Crippen molar-refractivity contribution in [2.45, 2.75) is 46.7 Å². The second-order valence-electron chi connectivity index (χ2n) is 6.67. The Labute approximate surface area is 148 Å². The van der Waals surface area contributed by atoms with Gasteiger partial charge in [-0.2, -0.15) is 0 Å². The first-order chi connectivity index (χ1) is 11.8. The van der Waals surface area contributed by atoms with Gasteiger partial charge < -0.3 is 4.90 Å². The van der Waals surface area contributed by atoms with E-state index in [2.05, 4.69) is 0 Å². The van der Waals surface area contributed by atoms with Crippen LogP contribution in [-0.2, 0) is 0 Å². The Morgan fingerprint density at radius 2 is 1.60 bits per heavy atom. The van der Waals surface area contributed by atoms with Crippen molar-refractivity contribution in [3.8, 4) is 11.1 Å². The van der Waals surface area contributed by atoms with Crippen LogP contribution in [0.5, 0.6) is 0 Å². The van der Waals surface area contributed by atoms with Gasteiger partial charge >= 0.3 is 0 Å². The van der Waals surface area contributed by atoms with Gasteiger partial charge in [-0.25, -0.2) is 0 Å². The van der Waals surface area contributed by atoms with Crippen LogP contribution in [0.15, 0.2) is 42.5 Å². The molecule has 0 unspecified atom stereocenters. The first-order valence-electron chi connectivity index (χ1n) is 8.41. The largest absolute Gasteiger partial charge is 0.334 e. The summed E-state index contributed by atoms with van der Waals surface area (Å²) in [5.41, 5.74) is 2.38. The van der Waals surface area contributed by atoms with Gasteiger partial charge in [-0.3, -0.25) is 14.9 Å². The van der Waals surface area contributed by atoms with Crippen molar-refractivity contribution in [2.24, 2.45) is 0 Å². The summed E-state index contributed by atoms with van der Waals surface area (Å²) in [7, 11) is 0. The molecule has 0 atom stereocenters. The lowest BCUT2D eigenvalue weighted by molar-refractivity contribution is -0.384. The summed E-state index contributed by atoms with van der Waals surface area (Å²) in [5, 5.41) is 11.5. The fourth-order valence-corrected chi connectivity index (χ4v) is 3.25. The van der Waals surface area contributed by atoms with Gasteiger partial charge in [0.05, 0.1) is 10.5 Å². The molecular formula is C20H24N2O3. The molecule has 0 heterocycles. The number of aryl methyl sites for hydroxylation is 1. The molecule has 1 amide bonds. The number of rotatable bonds is 5. The molecule has 25 heavy (non-hydrogen) atoms. The third kappa shape index (κ3) is 3.71. The number of nitrogens with zero attached hydrogens (tertiary/aromatic N) is 2. The molecule has 132 valence electrons. The minimum absolute atomic E-state index is 0.0147. The van der Waals surface area contributed by atoms with Crippen LogP contribution in [-0.4, -0.2) is 27.8 Å². The van der Waals surface area contributed by atoms with E-state index in [1.807, 2.05) is 40.7 Å². The number of hydrogen-bond donors (Lipinski definition) is 0. The first kappa shape index (κ1) is 18.6. The molecule has 0 N–H and O–H groups in total. The summed E-state index contributed by atoms with van der Waals surface area (Å²) in [4.78, 5) is 26.1. The average molecular weight is 340 g/mol. The SMILES string of the molecule is Cc1cccc([N+](=O)[O-])c1-c1ccccc1C(=O)N(C(C)C)C(C)C. The van der Waals surface area contributed by atoms with E-state index in [0.717, 1.165) is 5.56 Å². The molecule has 0 radical (unpaired) electrons. The molecular weight excluding hydrogens is 316 g/mol. The predicted molar refractivity (Wildman–Crippen MR) is 99.7 cm³/mol. The zero-order valence-electron chi connectivity index (χ0n) is 15.3. The summed E-state index contributed by atoms with van der Waals surface area (Å²) in [5.74, 6) is -0.113. The molecule has 0 saturated heterocycles. The van der Waals surface area contributed by atoms with E-state index in [1.165, 1.54) is 6.07 Å². The minimum Gasteiger partial charge on any atom is -0.334 e. The smallest absolute Gasteiger partial charge is 0.277 e. The summed E-state index contributed by atoms with van der Waals surface area (Å²) in [6.45, 7) is 9.70. The molecule has 5 nitrogen and oxygen atoms in total. The molecule has 2 aromatic rings. The van der Waals surface area contributed by atoms with Crippen LogP contribution in [0.3, 0.4) is 0 Å². The molecule has 5 heteroatoms. The van der Waals surface area contributed by atoms with Crippen molar-refractivity contribution < 1.29 is 9.72 Å². The van der Waals surface area contributed by atoms with Crippen LogP contribution < -0.4 is 0 Å². The number of benzene rings is 2. The second kappa shape index (κ2) is 7.47. The molecule has 0 spiro atoms. The predicted octanol–water partition coefficient (Wildman–Crippen LogP) is 4.83. The van der Waals surface area contributed by atoms with Gasteiger partial charge in [0.2, 0.25) is 0 Å². The number of amides is 1. The maximum atomic E-state index is 13.2. The Hall–Kier alpha value is -2.69. The molecule has 0 bridgehead atoms. The molecule has 2 aromatic carbocycles. The summed E-state index contributed by atoms with van der Waals surface area (Å²) < 4.78 is 0. The molecule has 0 fully saturated rings. The van der Waals surface area contributed by atoms with E-state index < -0.39 is 4.92 Å². The van der Waals surface area contributed by atoms with Crippen molar-refractivity contribution in [2.75, 3.05) is 0 Å². The molecule has 2 rings (SSSR count). The Balaban J connectivity index is 2.69. The number of carbonyl (C=O) groups excluding carboxylic acids is 1. The summed E-state index contributed by atoms with van der Waals surface area (Å²) in [6, 6.07) is 12.2. The van der Waals surface area contributed by atoms with E-state index in [0.29, 0.717) is 16.7 Å². The Morgan fingerprint density at radius 3 is 2.16 bits per heavy atom. The monoisotopic (exact) mass is 340 g/mol. The topological polar surface area (TPSA) is 63.5 Å². The van der Waals surface area contributed by atoms with Crippen molar-refractivity contribution in [1.29, 1.82) is 0 Å². The molecule has 0 aliphatic carbocycles. The minimum atomic E-state index is -0.397. The van der Waals surface area contributed by atoms with Gasteiger partial charge in [0.25, 0.3) is 11.6 Å². The van der Waals surface area contributed by atoms with E-state index in [1.54, 1.807) is 35.2 Å². The number of hydrogen-bond acceptors (Lipinski definition) is 3. The van der Waals surface area contributed by atoms with E-state index in [9.17, 15) is 14.9 Å². The van der Waals surface area contributed by atoms with Gasteiger partial charge in [0.15, 0.2) is 0 Å². The van der Waals surface area contributed by atoms with Crippen molar-refractivity contribution in [3.63, 3.8) is 0 Å². The zero-order valence-corrected chi connectivity index (χ0v) is 15.3. The fourth-order valence-electron chi connectivity index (χ4n) is 3.25. The third-order valence-electron chi connectivity index (χ3n) is 4.22. The lowest BCUT2D eigenvalue weighted by Crippen LogP contribution is -2.42. The fraction of sp³-hybridized carbons (Fsp3) is 0.350. The lowest BCUT2D eigenvalue weighted by Gasteiger charge is -2.31. The van der Waals surface area contributed by atoms with Crippen LogP contribution in [0, 0.1) is 17.0 Å². The highest BCUT2D eigenvalue weighted by atomic mass is 16.6. The second-order valence-corrected chi connectivity index (χ2v) is 6.67. The van der Waals surface area contributed by atoms with Gasteiger partial charge in [-0.05, 0) is 46.2 Å². The highest BCUT2D eigenvalue weighted by Crippen LogP contribution is 2.35. The van der Waals surface area contributed by atoms with Gasteiger partial charge in [-0.15, -0.1) is 0 Å². The van der Waals surface area contributed by atoms with Crippen molar-refractivity contribution >= 4 is 11.6 Å². The Kier molecular flexibility index (Phi) is 5.57. The van der Waals surface area contributed by atoms with Crippen LogP contribution in [0.4, 0.5) is 5.69 Å². The highest BCUT2D eigenvalue weighted by Gasteiger charge is 2.27. The Bertz CT molecular complexity index is 789. The summed E-state index contributed by atoms with van der Waals surface area (Å²) in [6.07, 6.45) is 0. The standard InChI is InChI=1S/C20H24N2O3/c1-13(2)21(14(3)4)20(23)17-11-7-6-10-16(17)19-15(5)9-8-12-18(19)22(24)25/h6-14H,1-5H3. The van der Waals surface area contributed by atoms with Gasteiger partial charge in [0, 0.05) is 29.3 Å². The lowest BCUT2D eigenvalue weighted by atomic mass is 9.93. The number of nitro groups is 1. The zero-order chi connectivity index (χ0) is 18.7. The number of carbonyl (C=O) groups is 1. The third-order valence-corrected chi connectivity index (χ3v) is 4.22. The van der Waals surface area contributed by atoms with Crippen molar-refractivity contribution in [1.82, 2.24) is 4.90 Å². The van der Waals surface area contributed by atoms with Gasteiger partial charge in [-0.1, -0.05) is 30.3 Å². The van der Waals surface area contributed by atoms with Crippen LogP contribution in [0.25, 0.3) is 11.1 Å². The summed E-state index contributed by atoms with van der Waals surface area (Å²) >= 11 is 0. The molecule has 0 aliphatic rings. The van der Waals surface area contributed by atoms with Crippen LogP contribution in [0.1, 0.15) is 43.6 Å². The molecule has 0 aromatic heterocycles. The normalized spacial score (nSPS) is 11.0. The Morgan fingerprint density at radius 1 is 1.00 bits per heavy atom. The van der Waals surface area contributed by atoms with Crippen molar-refractivity contribution in [3.05, 3.63) is 63.7 Å². The number of nitro benzene ring substituents is 1. The maximum Gasteiger partial charge on any atom is 0.277 e. The quantitative estimate of drug-likeness (QED) is 0.578. The van der Waals surface area contributed by atoms with E-state index in [-0.39, 0.29) is 23.7 Å². The van der Waals surface area contributed by atoms with E-state index in [4.69, 9.17) is 0 Å². The maximum absolute atomic E-state index is 13.2. The average Bonchev–Trinajstić information content (AvgIpc) is 2.53.